The van der Waals surface area contributed by atoms with Gasteiger partial charge in [0, 0.05) is 17.7 Å². The van der Waals surface area contributed by atoms with Crippen LogP contribution in [-0.2, 0) is 14.3 Å². The van der Waals surface area contributed by atoms with Gasteiger partial charge in [-0.2, -0.15) is 0 Å². The van der Waals surface area contributed by atoms with Crippen molar-refractivity contribution in [3.05, 3.63) is 33.8 Å². The van der Waals surface area contributed by atoms with E-state index in [2.05, 4.69) is 11.1 Å². The van der Waals surface area contributed by atoms with Crippen molar-refractivity contribution in [1.82, 2.24) is 4.98 Å². The second-order valence-corrected chi connectivity index (χ2v) is 10.9. The average Bonchev–Trinajstić information content (AvgIpc) is 3.49. The predicted octanol–water partition coefficient (Wildman–Crippen LogP) is 4.63. The van der Waals surface area contributed by atoms with Gasteiger partial charge in [-0.1, -0.05) is 26.0 Å². The van der Waals surface area contributed by atoms with Crippen LogP contribution in [0.25, 0.3) is 6.08 Å². The van der Waals surface area contributed by atoms with Crippen LogP contribution < -0.4 is 0 Å². The highest BCUT2D eigenvalue weighted by Gasteiger charge is 2.57. The van der Waals surface area contributed by atoms with Crippen LogP contribution in [0, 0.1) is 24.2 Å². The molecule has 1 saturated carbocycles. The Labute approximate surface area is 200 Å². The molecule has 0 radical (unpaired) electrons. The van der Waals surface area contributed by atoms with Gasteiger partial charge < -0.3 is 14.9 Å². The van der Waals surface area contributed by atoms with Crippen LogP contribution in [0.1, 0.15) is 76.4 Å². The topological polar surface area (TPSA) is 96.7 Å². The number of aryl methyl sites for hydroxylation is 1. The van der Waals surface area contributed by atoms with Crippen molar-refractivity contribution >= 4 is 29.2 Å². The van der Waals surface area contributed by atoms with E-state index in [-0.39, 0.29) is 18.1 Å². The first-order chi connectivity index (χ1) is 15.6. The van der Waals surface area contributed by atoms with E-state index in [9.17, 15) is 19.8 Å². The van der Waals surface area contributed by atoms with Crippen molar-refractivity contribution in [3.8, 4) is 0 Å². The molecule has 33 heavy (non-hydrogen) atoms. The summed E-state index contributed by atoms with van der Waals surface area (Å²) in [5.41, 5.74) is 0.789. The highest BCUT2D eigenvalue weighted by atomic mass is 32.1. The standard InChI is InChI=1S/C26H37NO5S/c1-16-9-7-5-6-8-10-21(17(2)13-20-15-33-19(4)27-20)32-23(29)14-22(28)26(11-12-26)25(31)18(3)24(16)30/h6,8,13,15-16,18,21-22,24,28,30H,5,7,9-12,14H2,1-4H3/b8-6+,17-13+/t16-,18+,21-,22-,24-/m0/s1. The number of aromatic nitrogens is 1. The summed E-state index contributed by atoms with van der Waals surface area (Å²) in [5, 5.41) is 24.5. The fraction of sp³-hybridized carbons (Fsp3) is 0.654. The average molecular weight is 476 g/mol. The molecule has 0 unspecified atom stereocenters. The van der Waals surface area contributed by atoms with Crippen molar-refractivity contribution in [2.24, 2.45) is 17.3 Å². The Hall–Kier alpha value is -1.83. The molecule has 6 nitrogen and oxygen atoms in total. The lowest BCUT2D eigenvalue weighted by molar-refractivity contribution is -0.152. The minimum Gasteiger partial charge on any atom is -0.457 e. The first-order valence-electron chi connectivity index (χ1n) is 12.0. The lowest BCUT2D eigenvalue weighted by Crippen LogP contribution is -2.41. The van der Waals surface area contributed by atoms with Gasteiger partial charge in [0.25, 0.3) is 0 Å². The molecule has 182 valence electrons. The fourth-order valence-electron chi connectivity index (χ4n) is 4.71. The molecule has 1 aromatic heterocycles. The van der Waals surface area contributed by atoms with Crippen LogP contribution in [0.4, 0.5) is 0 Å². The summed E-state index contributed by atoms with van der Waals surface area (Å²) in [7, 11) is 0. The maximum Gasteiger partial charge on any atom is 0.309 e. The molecule has 0 bridgehead atoms. The number of hydrogen-bond acceptors (Lipinski definition) is 7. The molecule has 0 aromatic carbocycles. The predicted molar refractivity (Wildman–Crippen MR) is 130 cm³/mol. The van der Waals surface area contributed by atoms with E-state index < -0.39 is 35.6 Å². The first-order valence-corrected chi connectivity index (χ1v) is 12.9. The maximum atomic E-state index is 13.2. The van der Waals surface area contributed by atoms with Crippen LogP contribution >= 0.6 is 11.3 Å². The van der Waals surface area contributed by atoms with E-state index in [4.69, 9.17) is 4.74 Å². The van der Waals surface area contributed by atoms with Gasteiger partial charge in [-0.3, -0.25) is 9.59 Å². The largest absolute Gasteiger partial charge is 0.457 e. The molecular weight excluding hydrogens is 438 g/mol. The number of carbonyl (C=O) groups is 2. The summed E-state index contributed by atoms with van der Waals surface area (Å²) < 4.78 is 5.78. The van der Waals surface area contributed by atoms with Crippen molar-refractivity contribution in [3.63, 3.8) is 0 Å². The molecule has 0 saturated heterocycles. The third kappa shape index (κ3) is 6.40. The molecule has 1 fully saturated rings. The van der Waals surface area contributed by atoms with E-state index in [1.165, 1.54) is 0 Å². The molecule has 1 aliphatic heterocycles. The number of ketones is 1. The number of ether oxygens (including phenoxy) is 1. The van der Waals surface area contributed by atoms with Gasteiger partial charge in [0.05, 0.1) is 34.7 Å². The molecule has 2 heterocycles. The minimum absolute atomic E-state index is 0.0114. The molecule has 1 spiro atoms. The number of Topliss-reactive ketones (excluding diaryl/α,β-unsaturated/α-hetero) is 1. The normalized spacial score (nSPS) is 33.0. The van der Waals surface area contributed by atoms with Gasteiger partial charge in [0.2, 0.25) is 0 Å². The number of carbonyl (C=O) groups excluding carboxylic acids is 2. The van der Waals surface area contributed by atoms with Gasteiger partial charge in [0.15, 0.2) is 0 Å². The smallest absolute Gasteiger partial charge is 0.309 e. The van der Waals surface area contributed by atoms with Crippen molar-refractivity contribution in [1.29, 1.82) is 0 Å². The molecule has 3 rings (SSSR count). The number of thiazole rings is 1. The summed E-state index contributed by atoms with van der Waals surface area (Å²) in [6.07, 6.45) is 7.70. The third-order valence-electron chi connectivity index (χ3n) is 7.13. The van der Waals surface area contributed by atoms with Crippen molar-refractivity contribution in [2.75, 3.05) is 0 Å². The molecule has 0 amide bonds. The van der Waals surface area contributed by atoms with E-state index in [0.29, 0.717) is 19.3 Å². The number of rotatable bonds is 2. The van der Waals surface area contributed by atoms with Gasteiger partial charge in [-0.05, 0) is 63.5 Å². The minimum atomic E-state index is -1.10. The van der Waals surface area contributed by atoms with Crippen LogP contribution in [0.2, 0.25) is 0 Å². The molecule has 1 aliphatic carbocycles. The van der Waals surface area contributed by atoms with Gasteiger partial charge >= 0.3 is 5.97 Å². The highest BCUT2D eigenvalue weighted by molar-refractivity contribution is 7.09. The summed E-state index contributed by atoms with van der Waals surface area (Å²) in [6.45, 7) is 7.58. The summed E-state index contributed by atoms with van der Waals surface area (Å²) in [6, 6.07) is 0. The highest BCUT2D eigenvalue weighted by Crippen LogP contribution is 2.52. The third-order valence-corrected chi connectivity index (χ3v) is 7.92. The lowest BCUT2D eigenvalue weighted by Gasteiger charge is -2.29. The monoisotopic (exact) mass is 475 g/mol. The van der Waals surface area contributed by atoms with Crippen LogP contribution in [0.15, 0.2) is 23.1 Å². The number of esters is 1. The Morgan fingerprint density at radius 3 is 2.61 bits per heavy atom. The number of cyclic esters (lactones) is 1. The quantitative estimate of drug-likeness (QED) is 0.478. The van der Waals surface area contributed by atoms with Gasteiger partial charge in [-0.15, -0.1) is 11.3 Å². The van der Waals surface area contributed by atoms with Crippen LogP contribution in [0.3, 0.4) is 0 Å². The SMILES string of the molecule is C/C(=C\c1csc(C)n1)[C@@H]1C/C=C/CCC[C@H](C)[C@H](O)[C@@H](C)C(=O)C2(CC2)[C@@H](O)CC(=O)O1. The zero-order valence-electron chi connectivity index (χ0n) is 20.1. The van der Waals surface area contributed by atoms with Crippen LogP contribution in [-0.4, -0.2) is 45.3 Å². The lowest BCUT2D eigenvalue weighted by atomic mass is 9.79. The molecular formula is C26H37NO5S. The zero-order chi connectivity index (χ0) is 24.2. The van der Waals surface area contributed by atoms with Crippen molar-refractivity contribution < 1.29 is 24.5 Å². The summed E-state index contributed by atoms with van der Waals surface area (Å²) in [5.74, 6) is -1.24. The Morgan fingerprint density at radius 1 is 1.24 bits per heavy atom. The Morgan fingerprint density at radius 2 is 1.97 bits per heavy atom. The molecule has 7 heteroatoms. The number of allylic oxidation sites excluding steroid dienone is 1. The molecule has 5 atom stereocenters. The number of nitrogens with zero attached hydrogens (tertiary/aromatic N) is 1. The Kier molecular flexibility index (Phi) is 8.65. The Balaban J connectivity index is 1.80. The second kappa shape index (κ2) is 11.1. The maximum absolute atomic E-state index is 13.2. The summed E-state index contributed by atoms with van der Waals surface area (Å²) in [4.78, 5) is 30.4. The fourth-order valence-corrected chi connectivity index (χ4v) is 5.28. The summed E-state index contributed by atoms with van der Waals surface area (Å²) >= 11 is 1.57. The number of hydrogen-bond donors (Lipinski definition) is 2. The second-order valence-electron chi connectivity index (χ2n) is 9.79. The first kappa shape index (κ1) is 25.8. The molecule has 2 N–H and O–H groups in total. The number of aliphatic hydroxyl groups excluding tert-OH is 2. The van der Waals surface area contributed by atoms with Crippen LogP contribution in [0.5, 0.6) is 0 Å². The van der Waals surface area contributed by atoms with Gasteiger partial charge in [0.1, 0.15) is 11.9 Å². The Bertz CT molecular complexity index is 900. The van der Waals surface area contributed by atoms with E-state index in [0.717, 1.165) is 35.5 Å². The molecule has 1 aromatic rings. The van der Waals surface area contributed by atoms with E-state index in [1.807, 2.05) is 38.3 Å². The van der Waals surface area contributed by atoms with E-state index in [1.54, 1.807) is 18.3 Å². The zero-order valence-corrected chi connectivity index (χ0v) is 20.9. The van der Waals surface area contributed by atoms with E-state index >= 15 is 0 Å². The van der Waals surface area contributed by atoms with Gasteiger partial charge in [-0.25, -0.2) is 4.98 Å². The number of aliphatic hydroxyl groups is 2. The molecule has 2 aliphatic rings. The van der Waals surface area contributed by atoms with Crippen molar-refractivity contribution in [2.45, 2.75) is 91.0 Å².